The Morgan fingerprint density at radius 1 is 1.24 bits per heavy atom. The van der Waals surface area contributed by atoms with Crippen LogP contribution in [0.5, 0.6) is 5.88 Å². The molecular weight excluding hydrogens is 322 g/mol. The molecule has 0 spiro atoms. The van der Waals surface area contributed by atoms with Crippen molar-refractivity contribution in [3.63, 3.8) is 0 Å². The molecule has 0 aliphatic carbocycles. The number of nitrogens with zero attached hydrogens (tertiary/aromatic N) is 6. The highest BCUT2D eigenvalue weighted by molar-refractivity contribution is 5.91. The second-order valence-electron chi connectivity index (χ2n) is 5.84. The van der Waals surface area contributed by atoms with Gasteiger partial charge in [-0.25, -0.2) is 14.3 Å². The van der Waals surface area contributed by atoms with Gasteiger partial charge in [0.15, 0.2) is 12.3 Å². The second kappa shape index (κ2) is 6.50. The van der Waals surface area contributed by atoms with Crippen molar-refractivity contribution in [2.45, 2.75) is 34.2 Å². The summed E-state index contributed by atoms with van der Waals surface area (Å²) in [6.07, 6.45) is 0. The third kappa shape index (κ3) is 3.30. The van der Waals surface area contributed by atoms with Gasteiger partial charge in [-0.15, -0.1) is 5.10 Å². The summed E-state index contributed by atoms with van der Waals surface area (Å²) in [5.41, 5.74) is 2.65. The van der Waals surface area contributed by atoms with Gasteiger partial charge in [0.1, 0.15) is 5.82 Å². The summed E-state index contributed by atoms with van der Waals surface area (Å²) in [5, 5.41) is 12.0. The normalized spacial score (nSPS) is 11.1. The number of aromatic nitrogens is 6. The molecule has 0 aromatic carbocycles. The summed E-state index contributed by atoms with van der Waals surface area (Å²) in [4.78, 5) is 20.8. The average Bonchev–Trinajstić information content (AvgIpc) is 3.05. The number of ether oxygens (including phenoxy) is 1. The summed E-state index contributed by atoms with van der Waals surface area (Å²) < 4.78 is 8.91. The Morgan fingerprint density at radius 2 is 2.00 bits per heavy atom. The molecule has 0 saturated heterocycles. The van der Waals surface area contributed by atoms with Gasteiger partial charge < -0.3 is 4.74 Å². The number of nitrogens with one attached hydrogen (secondary N) is 1. The van der Waals surface area contributed by atoms with Gasteiger partial charge in [-0.2, -0.15) is 10.1 Å². The first kappa shape index (κ1) is 16.9. The van der Waals surface area contributed by atoms with Gasteiger partial charge in [-0.3, -0.25) is 10.1 Å². The summed E-state index contributed by atoms with van der Waals surface area (Å²) in [7, 11) is 1.80. The van der Waals surface area contributed by atoms with E-state index in [0.717, 1.165) is 22.3 Å². The van der Waals surface area contributed by atoms with Crippen molar-refractivity contribution in [1.82, 2.24) is 29.5 Å². The van der Waals surface area contributed by atoms with Crippen LogP contribution >= 0.6 is 0 Å². The molecule has 3 aromatic heterocycles. The smallest absolute Gasteiger partial charge is 0.264 e. The van der Waals surface area contributed by atoms with E-state index in [4.69, 9.17) is 4.74 Å². The lowest BCUT2D eigenvalue weighted by atomic mass is 10.2. The Kier molecular flexibility index (Phi) is 4.39. The van der Waals surface area contributed by atoms with Gasteiger partial charge in [0.25, 0.3) is 5.91 Å². The van der Waals surface area contributed by atoms with Crippen LogP contribution in [0, 0.1) is 20.8 Å². The Labute approximate surface area is 145 Å². The molecule has 0 radical (unpaired) electrons. The molecule has 1 N–H and O–H groups in total. The van der Waals surface area contributed by atoms with Crippen molar-refractivity contribution >= 4 is 22.9 Å². The SMILES string of the molecule is CCn1nc(C)nc1NC(=O)COc1nn(C)c2nc(C)cc(C)c12. The fourth-order valence-electron chi connectivity index (χ4n) is 2.71. The molecule has 3 rings (SSSR count). The van der Waals surface area contributed by atoms with Crippen molar-refractivity contribution in [1.29, 1.82) is 0 Å². The van der Waals surface area contributed by atoms with Gasteiger partial charge in [0, 0.05) is 19.3 Å². The second-order valence-corrected chi connectivity index (χ2v) is 5.84. The highest BCUT2D eigenvalue weighted by Crippen LogP contribution is 2.27. The lowest BCUT2D eigenvalue weighted by Gasteiger charge is -2.06. The predicted molar refractivity (Wildman–Crippen MR) is 92.5 cm³/mol. The van der Waals surface area contributed by atoms with E-state index < -0.39 is 0 Å². The van der Waals surface area contributed by atoms with Gasteiger partial charge in [-0.1, -0.05) is 0 Å². The van der Waals surface area contributed by atoms with Crippen LogP contribution in [-0.2, 0) is 18.4 Å². The Balaban J connectivity index is 1.75. The summed E-state index contributed by atoms with van der Waals surface area (Å²) in [6.45, 7) is 8.05. The molecule has 1 amide bonds. The zero-order valence-electron chi connectivity index (χ0n) is 15.0. The number of anilines is 1. The highest BCUT2D eigenvalue weighted by atomic mass is 16.5. The molecule has 0 saturated carbocycles. The van der Waals surface area contributed by atoms with Crippen molar-refractivity contribution in [2.75, 3.05) is 11.9 Å². The fourth-order valence-corrected chi connectivity index (χ4v) is 2.71. The number of hydrogen-bond acceptors (Lipinski definition) is 6. The van der Waals surface area contributed by atoms with Crippen molar-refractivity contribution < 1.29 is 9.53 Å². The monoisotopic (exact) mass is 343 g/mol. The van der Waals surface area contributed by atoms with Gasteiger partial charge in [-0.05, 0) is 39.3 Å². The third-order valence-corrected chi connectivity index (χ3v) is 3.76. The van der Waals surface area contributed by atoms with Gasteiger partial charge in [0.05, 0.1) is 5.39 Å². The predicted octanol–water partition coefficient (Wildman–Crippen LogP) is 1.52. The molecule has 0 bridgehead atoms. The number of aryl methyl sites for hydroxylation is 5. The molecule has 3 heterocycles. The highest BCUT2D eigenvalue weighted by Gasteiger charge is 2.16. The van der Waals surface area contributed by atoms with Crippen LogP contribution in [0.15, 0.2) is 6.07 Å². The first-order chi connectivity index (χ1) is 11.9. The zero-order valence-corrected chi connectivity index (χ0v) is 15.0. The molecule has 9 heteroatoms. The number of rotatable bonds is 5. The standard InChI is InChI=1S/C16H21N7O2/c1-6-23-16(18-11(4)20-23)19-12(24)8-25-15-13-9(2)7-10(3)17-14(13)22(5)21-15/h7H,6,8H2,1-5H3,(H,18,19,20,24). The molecular formula is C16H21N7O2. The Morgan fingerprint density at radius 3 is 2.72 bits per heavy atom. The molecule has 0 aliphatic rings. The maximum Gasteiger partial charge on any atom is 0.264 e. The summed E-state index contributed by atoms with van der Waals surface area (Å²) in [6, 6.07) is 1.96. The Bertz CT molecular complexity index is 942. The van der Waals surface area contributed by atoms with Crippen LogP contribution in [0.3, 0.4) is 0 Å². The van der Waals surface area contributed by atoms with Crippen LogP contribution in [0.1, 0.15) is 24.0 Å². The lowest BCUT2D eigenvalue weighted by Crippen LogP contribution is -2.22. The van der Waals surface area contributed by atoms with Crippen molar-refractivity contribution in [3.05, 3.63) is 23.1 Å². The number of fused-ring (bicyclic) bond motifs is 1. The van der Waals surface area contributed by atoms with E-state index in [0.29, 0.717) is 24.2 Å². The fraction of sp³-hybridized carbons (Fsp3) is 0.438. The van der Waals surface area contributed by atoms with Crippen molar-refractivity contribution in [3.8, 4) is 5.88 Å². The topological polar surface area (TPSA) is 99.8 Å². The number of carbonyl (C=O) groups is 1. The third-order valence-electron chi connectivity index (χ3n) is 3.76. The quantitative estimate of drug-likeness (QED) is 0.754. The number of pyridine rings is 1. The van der Waals surface area contributed by atoms with Crippen LogP contribution in [0.2, 0.25) is 0 Å². The molecule has 0 fully saturated rings. The Hall–Kier alpha value is -2.97. The molecule has 132 valence electrons. The minimum atomic E-state index is -0.321. The molecule has 9 nitrogen and oxygen atoms in total. The largest absolute Gasteiger partial charge is 0.466 e. The van der Waals surface area contributed by atoms with E-state index in [1.165, 1.54) is 0 Å². The summed E-state index contributed by atoms with van der Waals surface area (Å²) in [5.74, 6) is 1.09. The van der Waals surface area contributed by atoms with E-state index in [1.54, 1.807) is 23.3 Å². The number of amides is 1. The molecule has 3 aromatic rings. The van der Waals surface area contributed by atoms with E-state index >= 15 is 0 Å². The van der Waals surface area contributed by atoms with Gasteiger partial charge >= 0.3 is 0 Å². The maximum absolute atomic E-state index is 12.2. The van der Waals surface area contributed by atoms with Crippen LogP contribution in [0.25, 0.3) is 11.0 Å². The van der Waals surface area contributed by atoms with E-state index in [1.807, 2.05) is 26.8 Å². The first-order valence-corrected chi connectivity index (χ1v) is 8.04. The van der Waals surface area contributed by atoms with Crippen molar-refractivity contribution in [2.24, 2.45) is 7.05 Å². The van der Waals surface area contributed by atoms with E-state index in [2.05, 4.69) is 25.5 Å². The van der Waals surface area contributed by atoms with Crippen LogP contribution < -0.4 is 10.1 Å². The average molecular weight is 343 g/mol. The number of hydrogen-bond donors (Lipinski definition) is 1. The van der Waals surface area contributed by atoms with Gasteiger partial charge in [0.2, 0.25) is 11.8 Å². The minimum absolute atomic E-state index is 0.172. The maximum atomic E-state index is 12.2. The van der Waals surface area contributed by atoms with E-state index in [9.17, 15) is 4.79 Å². The first-order valence-electron chi connectivity index (χ1n) is 8.04. The summed E-state index contributed by atoms with van der Waals surface area (Å²) >= 11 is 0. The molecule has 0 atom stereocenters. The van der Waals surface area contributed by atoms with E-state index in [-0.39, 0.29) is 12.5 Å². The lowest BCUT2D eigenvalue weighted by molar-refractivity contribution is -0.118. The van der Waals surface area contributed by atoms with Crippen LogP contribution in [-0.4, -0.2) is 42.0 Å². The zero-order chi connectivity index (χ0) is 18.1. The number of carbonyl (C=O) groups excluding carboxylic acids is 1. The molecule has 25 heavy (non-hydrogen) atoms. The minimum Gasteiger partial charge on any atom is -0.466 e. The molecule has 0 unspecified atom stereocenters. The molecule has 0 aliphatic heterocycles. The van der Waals surface area contributed by atoms with Crippen LogP contribution in [0.4, 0.5) is 5.95 Å².